The van der Waals surface area contributed by atoms with E-state index in [4.69, 9.17) is 0 Å². The molecule has 0 aromatic heterocycles. The first-order valence-electron chi connectivity index (χ1n) is 11.8. The minimum Gasteiger partial charge on any atom is -0.362 e. The maximum atomic E-state index is 13.1. The summed E-state index contributed by atoms with van der Waals surface area (Å²) in [5.41, 5.74) is 1.22. The Hall–Kier alpha value is -4.02. The topological polar surface area (TPSA) is 107 Å². The van der Waals surface area contributed by atoms with Crippen LogP contribution in [0.1, 0.15) is 22.8 Å². The van der Waals surface area contributed by atoms with Crippen molar-refractivity contribution in [1.29, 1.82) is 0 Å². The molecule has 190 valence electrons. The number of halogens is 1. The smallest absolute Gasteiger partial charge is 0.293 e. The van der Waals surface area contributed by atoms with Crippen LogP contribution in [-0.2, 0) is 16.0 Å². The Labute approximate surface area is 208 Å². The summed E-state index contributed by atoms with van der Waals surface area (Å²) in [7, 11) is 0. The molecule has 0 aliphatic carbocycles. The molecule has 3 amide bonds. The lowest BCUT2D eigenvalue weighted by molar-refractivity contribution is -0.384. The van der Waals surface area contributed by atoms with E-state index in [1.807, 2.05) is 4.90 Å². The molecular weight excluding hydrogens is 469 g/mol. The molecule has 2 saturated heterocycles. The molecule has 11 heteroatoms. The molecule has 10 nitrogen and oxygen atoms in total. The number of carbonyl (C=O) groups is 3. The molecular formula is C25H28FN5O5. The van der Waals surface area contributed by atoms with Crippen LogP contribution in [0.5, 0.6) is 0 Å². The van der Waals surface area contributed by atoms with Crippen molar-refractivity contribution in [3.8, 4) is 0 Å². The van der Waals surface area contributed by atoms with E-state index in [-0.39, 0.29) is 41.2 Å². The van der Waals surface area contributed by atoms with Crippen molar-refractivity contribution in [2.75, 3.05) is 57.3 Å². The van der Waals surface area contributed by atoms with Gasteiger partial charge in [0.1, 0.15) is 11.5 Å². The molecule has 0 spiro atoms. The largest absolute Gasteiger partial charge is 0.362 e. The molecule has 2 heterocycles. The van der Waals surface area contributed by atoms with Crippen LogP contribution in [0.15, 0.2) is 42.5 Å². The van der Waals surface area contributed by atoms with Crippen molar-refractivity contribution in [3.05, 3.63) is 69.5 Å². The van der Waals surface area contributed by atoms with Crippen LogP contribution in [0.25, 0.3) is 0 Å². The second kappa shape index (κ2) is 10.7. The van der Waals surface area contributed by atoms with E-state index in [2.05, 4.69) is 0 Å². The molecule has 0 N–H and O–H groups in total. The number of hydrogen-bond acceptors (Lipinski definition) is 6. The van der Waals surface area contributed by atoms with Gasteiger partial charge in [0.2, 0.25) is 11.8 Å². The van der Waals surface area contributed by atoms with Crippen LogP contribution in [0.2, 0.25) is 0 Å². The highest BCUT2D eigenvalue weighted by atomic mass is 19.1. The van der Waals surface area contributed by atoms with Gasteiger partial charge < -0.3 is 19.6 Å². The number of piperazine rings is 2. The van der Waals surface area contributed by atoms with Gasteiger partial charge in [-0.05, 0) is 29.8 Å². The highest BCUT2D eigenvalue weighted by molar-refractivity contribution is 5.96. The Bertz CT molecular complexity index is 1160. The monoisotopic (exact) mass is 497 g/mol. The summed E-state index contributed by atoms with van der Waals surface area (Å²) in [5.74, 6) is -0.806. The van der Waals surface area contributed by atoms with Crippen molar-refractivity contribution in [1.82, 2.24) is 14.7 Å². The third-order valence-electron chi connectivity index (χ3n) is 6.67. The highest BCUT2D eigenvalue weighted by Crippen LogP contribution is 2.30. The van der Waals surface area contributed by atoms with Crippen molar-refractivity contribution < 1.29 is 23.7 Å². The van der Waals surface area contributed by atoms with E-state index in [9.17, 15) is 28.9 Å². The fourth-order valence-corrected chi connectivity index (χ4v) is 4.56. The van der Waals surface area contributed by atoms with Crippen LogP contribution in [0.4, 0.5) is 15.8 Å². The summed E-state index contributed by atoms with van der Waals surface area (Å²) in [4.78, 5) is 55.4. The van der Waals surface area contributed by atoms with Crippen molar-refractivity contribution in [2.24, 2.45) is 0 Å². The standard InChI is InChI=1S/C25H28FN5O5/c1-18(32)27-8-10-28(11-9-27)22-7-4-20(17-23(22)31(35)36)25(34)30-14-12-29(13-15-30)24(33)16-19-2-5-21(26)6-3-19/h2-7,17H,8-16H2,1H3. The lowest BCUT2D eigenvalue weighted by Crippen LogP contribution is -2.51. The summed E-state index contributed by atoms with van der Waals surface area (Å²) in [6.07, 6.45) is 0.155. The molecule has 0 unspecified atom stereocenters. The van der Waals surface area contributed by atoms with Gasteiger partial charge in [-0.25, -0.2) is 4.39 Å². The molecule has 2 aliphatic heterocycles. The average molecular weight is 498 g/mol. The molecule has 2 aromatic carbocycles. The molecule has 4 rings (SSSR count). The van der Waals surface area contributed by atoms with E-state index in [0.717, 1.165) is 5.56 Å². The normalized spacial score (nSPS) is 16.2. The third kappa shape index (κ3) is 5.61. The first-order chi connectivity index (χ1) is 17.2. The molecule has 0 bridgehead atoms. The number of nitro groups is 1. The Morgan fingerprint density at radius 3 is 2.03 bits per heavy atom. The summed E-state index contributed by atoms with van der Waals surface area (Å²) in [5, 5.41) is 11.8. The lowest BCUT2D eigenvalue weighted by atomic mass is 10.1. The van der Waals surface area contributed by atoms with Crippen LogP contribution < -0.4 is 4.90 Å². The number of carbonyl (C=O) groups excluding carboxylic acids is 3. The fraction of sp³-hybridized carbons (Fsp3) is 0.400. The molecule has 0 saturated carbocycles. The minimum atomic E-state index is -0.491. The average Bonchev–Trinajstić information content (AvgIpc) is 2.89. The van der Waals surface area contributed by atoms with E-state index < -0.39 is 4.92 Å². The Morgan fingerprint density at radius 2 is 1.44 bits per heavy atom. The van der Waals surface area contributed by atoms with Gasteiger partial charge in [0.25, 0.3) is 11.6 Å². The molecule has 0 radical (unpaired) electrons. The zero-order chi connectivity index (χ0) is 25.8. The summed E-state index contributed by atoms with van der Waals surface area (Å²) in [6, 6.07) is 10.3. The van der Waals surface area contributed by atoms with Crippen LogP contribution in [0, 0.1) is 15.9 Å². The third-order valence-corrected chi connectivity index (χ3v) is 6.67. The number of amides is 3. The number of anilines is 1. The van der Waals surface area contributed by atoms with E-state index in [1.165, 1.54) is 25.1 Å². The maximum Gasteiger partial charge on any atom is 0.293 e. The van der Waals surface area contributed by atoms with Crippen molar-refractivity contribution >= 4 is 29.1 Å². The van der Waals surface area contributed by atoms with Gasteiger partial charge in [-0.15, -0.1) is 0 Å². The number of hydrogen-bond donors (Lipinski definition) is 0. The SMILES string of the molecule is CC(=O)N1CCN(c2ccc(C(=O)N3CCN(C(=O)Cc4ccc(F)cc4)CC3)cc2[N+](=O)[O-])CC1. The number of benzene rings is 2. The quantitative estimate of drug-likeness (QED) is 0.462. The van der Waals surface area contributed by atoms with Gasteiger partial charge in [0.05, 0.1) is 11.3 Å². The van der Waals surface area contributed by atoms with Gasteiger partial charge in [-0.1, -0.05) is 12.1 Å². The number of nitrogens with zero attached hydrogens (tertiary/aromatic N) is 5. The van der Waals surface area contributed by atoms with Gasteiger partial charge in [-0.3, -0.25) is 24.5 Å². The number of rotatable bonds is 5. The minimum absolute atomic E-state index is 0.0256. The Kier molecular flexibility index (Phi) is 7.47. The first-order valence-corrected chi connectivity index (χ1v) is 11.8. The van der Waals surface area contributed by atoms with Gasteiger partial charge >= 0.3 is 0 Å². The van der Waals surface area contributed by atoms with Crippen LogP contribution in [-0.4, -0.2) is 89.7 Å². The van der Waals surface area contributed by atoms with E-state index in [1.54, 1.807) is 39.0 Å². The lowest BCUT2D eigenvalue weighted by Gasteiger charge is -2.36. The number of nitro benzene ring substituents is 1. The van der Waals surface area contributed by atoms with E-state index >= 15 is 0 Å². The van der Waals surface area contributed by atoms with Gasteiger partial charge in [0.15, 0.2) is 0 Å². The summed E-state index contributed by atoms with van der Waals surface area (Å²) < 4.78 is 13.1. The van der Waals surface area contributed by atoms with Crippen LogP contribution in [0.3, 0.4) is 0 Å². The zero-order valence-electron chi connectivity index (χ0n) is 20.1. The van der Waals surface area contributed by atoms with Gasteiger partial charge in [-0.2, -0.15) is 0 Å². The van der Waals surface area contributed by atoms with Crippen LogP contribution >= 0.6 is 0 Å². The molecule has 0 atom stereocenters. The molecule has 2 fully saturated rings. The second-order valence-corrected chi connectivity index (χ2v) is 8.93. The molecule has 2 aliphatic rings. The maximum absolute atomic E-state index is 13.1. The highest BCUT2D eigenvalue weighted by Gasteiger charge is 2.29. The fourth-order valence-electron chi connectivity index (χ4n) is 4.56. The predicted molar refractivity (Wildman–Crippen MR) is 130 cm³/mol. The molecule has 2 aromatic rings. The summed E-state index contributed by atoms with van der Waals surface area (Å²) >= 11 is 0. The van der Waals surface area contributed by atoms with E-state index in [0.29, 0.717) is 58.0 Å². The zero-order valence-corrected chi connectivity index (χ0v) is 20.1. The van der Waals surface area contributed by atoms with Gasteiger partial charge in [0, 0.05) is 70.9 Å². The Morgan fingerprint density at radius 1 is 0.861 bits per heavy atom. The van der Waals surface area contributed by atoms with Crippen molar-refractivity contribution in [3.63, 3.8) is 0 Å². The van der Waals surface area contributed by atoms with Crippen molar-refractivity contribution in [2.45, 2.75) is 13.3 Å². The Balaban J connectivity index is 1.38. The predicted octanol–water partition coefficient (Wildman–Crippen LogP) is 1.93. The first kappa shape index (κ1) is 25.1. The summed E-state index contributed by atoms with van der Waals surface area (Å²) in [6.45, 7) is 4.75. The second-order valence-electron chi connectivity index (χ2n) is 8.93. The molecule has 36 heavy (non-hydrogen) atoms.